The predicted molar refractivity (Wildman–Crippen MR) is 72.8 cm³/mol. The summed E-state index contributed by atoms with van der Waals surface area (Å²) in [5.41, 5.74) is 1.47. The summed E-state index contributed by atoms with van der Waals surface area (Å²) >= 11 is 1.61. The first kappa shape index (κ1) is 14.4. The quantitative estimate of drug-likeness (QED) is 0.565. The van der Waals surface area contributed by atoms with Gasteiger partial charge in [0.25, 0.3) is 0 Å². The van der Waals surface area contributed by atoms with Crippen molar-refractivity contribution < 1.29 is 9.53 Å². The zero-order valence-electron chi connectivity index (χ0n) is 11.1. The molecule has 17 heavy (non-hydrogen) atoms. The van der Waals surface area contributed by atoms with Gasteiger partial charge in [0.2, 0.25) is 0 Å². The summed E-state index contributed by atoms with van der Waals surface area (Å²) in [7, 11) is 0. The third-order valence-electron chi connectivity index (χ3n) is 2.49. The lowest BCUT2D eigenvalue weighted by Gasteiger charge is -2.32. The van der Waals surface area contributed by atoms with Crippen molar-refractivity contribution in [2.24, 2.45) is 4.99 Å². The number of amides is 1. The van der Waals surface area contributed by atoms with Gasteiger partial charge in [-0.15, -0.1) is 11.8 Å². The average molecular weight is 258 g/mol. The summed E-state index contributed by atoms with van der Waals surface area (Å²) in [6.07, 6.45) is 3.65. The summed E-state index contributed by atoms with van der Waals surface area (Å²) in [5, 5.41) is 0. The SMILES string of the molecule is CSC=NC1CCN(C(=O)OC(C)(C)C)CC1. The Morgan fingerprint density at radius 3 is 2.47 bits per heavy atom. The second-order valence-electron chi connectivity index (χ2n) is 5.19. The van der Waals surface area contributed by atoms with Crippen LogP contribution in [-0.4, -0.2) is 47.5 Å². The number of hydrogen-bond donors (Lipinski definition) is 0. The van der Waals surface area contributed by atoms with E-state index in [2.05, 4.69) is 4.99 Å². The number of ether oxygens (including phenoxy) is 1. The van der Waals surface area contributed by atoms with E-state index in [1.54, 1.807) is 16.7 Å². The molecule has 1 saturated heterocycles. The lowest BCUT2D eigenvalue weighted by Crippen LogP contribution is -2.42. The third-order valence-corrected chi connectivity index (χ3v) is 2.83. The molecule has 0 bridgehead atoms. The third kappa shape index (κ3) is 5.44. The highest BCUT2D eigenvalue weighted by Gasteiger charge is 2.26. The van der Waals surface area contributed by atoms with Crippen LogP contribution in [0.5, 0.6) is 0 Å². The molecule has 0 unspecified atom stereocenters. The van der Waals surface area contributed by atoms with E-state index >= 15 is 0 Å². The van der Waals surface area contributed by atoms with Crippen LogP contribution in [0, 0.1) is 0 Å². The number of carbonyl (C=O) groups is 1. The fraction of sp³-hybridized carbons (Fsp3) is 0.833. The maximum Gasteiger partial charge on any atom is 0.410 e. The van der Waals surface area contributed by atoms with E-state index in [4.69, 9.17) is 4.74 Å². The topological polar surface area (TPSA) is 41.9 Å². The molecule has 5 heteroatoms. The zero-order chi connectivity index (χ0) is 12.9. The van der Waals surface area contributed by atoms with Crippen molar-refractivity contribution in [3.05, 3.63) is 0 Å². The van der Waals surface area contributed by atoms with Crippen LogP contribution in [0.15, 0.2) is 4.99 Å². The van der Waals surface area contributed by atoms with Gasteiger partial charge in [-0.05, 0) is 39.9 Å². The van der Waals surface area contributed by atoms with Crippen LogP contribution >= 0.6 is 11.8 Å². The van der Waals surface area contributed by atoms with Crippen molar-refractivity contribution in [3.8, 4) is 0 Å². The first-order chi connectivity index (χ1) is 7.92. The van der Waals surface area contributed by atoms with Crippen LogP contribution in [0.25, 0.3) is 0 Å². The first-order valence-corrected chi connectivity index (χ1v) is 7.23. The Kier molecular flexibility index (Phi) is 5.31. The Labute approximate surface area is 108 Å². The molecule has 1 fully saturated rings. The van der Waals surface area contributed by atoms with Crippen LogP contribution in [0.2, 0.25) is 0 Å². The molecule has 0 spiro atoms. The Bertz CT molecular complexity index is 279. The number of likely N-dealkylation sites (tertiary alicyclic amines) is 1. The van der Waals surface area contributed by atoms with Crippen molar-refractivity contribution in [2.75, 3.05) is 19.3 Å². The fourth-order valence-electron chi connectivity index (χ4n) is 1.67. The summed E-state index contributed by atoms with van der Waals surface area (Å²) < 4.78 is 5.34. The highest BCUT2D eigenvalue weighted by atomic mass is 32.2. The fourth-order valence-corrected chi connectivity index (χ4v) is 1.96. The minimum atomic E-state index is -0.412. The van der Waals surface area contributed by atoms with E-state index in [1.165, 1.54) is 0 Å². The average Bonchev–Trinajstić information content (AvgIpc) is 2.24. The van der Waals surface area contributed by atoms with E-state index in [9.17, 15) is 4.79 Å². The van der Waals surface area contributed by atoms with Gasteiger partial charge < -0.3 is 9.64 Å². The number of aliphatic imine (C=N–C) groups is 1. The van der Waals surface area contributed by atoms with Crippen LogP contribution in [0.3, 0.4) is 0 Å². The molecule has 0 aromatic rings. The standard InChI is InChI=1S/C12H22N2O2S/c1-12(2,3)16-11(15)14-7-5-10(6-8-14)13-9-17-4/h9-10H,5-8H2,1-4H3. The van der Waals surface area contributed by atoms with E-state index in [-0.39, 0.29) is 6.09 Å². The smallest absolute Gasteiger partial charge is 0.410 e. The molecule has 1 amide bonds. The van der Waals surface area contributed by atoms with Gasteiger partial charge in [-0.25, -0.2) is 4.79 Å². The normalized spacial score (nSPS) is 18.7. The molecule has 0 aromatic carbocycles. The number of nitrogens with zero attached hydrogens (tertiary/aromatic N) is 2. The number of piperidine rings is 1. The van der Waals surface area contributed by atoms with Gasteiger partial charge in [0.05, 0.1) is 11.6 Å². The summed E-state index contributed by atoms with van der Waals surface area (Å²) in [4.78, 5) is 18.0. The summed E-state index contributed by atoms with van der Waals surface area (Å²) in [6.45, 7) is 7.15. The largest absolute Gasteiger partial charge is 0.444 e. The second-order valence-corrected chi connectivity index (χ2v) is 5.87. The lowest BCUT2D eigenvalue weighted by molar-refractivity contribution is 0.0207. The van der Waals surface area contributed by atoms with Gasteiger partial charge in [0.15, 0.2) is 0 Å². The number of rotatable bonds is 2. The Morgan fingerprint density at radius 2 is 2.00 bits per heavy atom. The van der Waals surface area contributed by atoms with Gasteiger partial charge in [-0.3, -0.25) is 4.99 Å². The van der Waals surface area contributed by atoms with Crippen molar-refractivity contribution >= 4 is 23.4 Å². The van der Waals surface area contributed by atoms with Crippen LogP contribution in [-0.2, 0) is 4.74 Å². The van der Waals surface area contributed by atoms with Gasteiger partial charge in [-0.1, -0.05) is 0 Å². The van der Waals surface area contributed by atoms with E-state index in [0.29, 0.717) is 6.04 Å². The molecular weight excluding hydrogens is 236 g/mol. The minimum Gasteiger partial charge on any atom is -0.444 e. The van der Waals surface area contributed by atoms with Crippen LogP contribution < -0.4 is 0 Å². The van der Waals surface area contributed by atoms with Gasteiger partial charge in [0.1, 0.15) is 5.60 Å². The van der Waals surface area contributed by atoms with Gasteiger partial charge >= 0.3 is 6.09 Å². The molecule has 1 aliphatic heterocycles. The molecule has 1 aliphatic rings. The molecule has 98 valence electrons. The monoisotopic (exact) mass is 258 g/mol. The molecule has 1 rings (SSSR count). The minimum absolute atomic E-state index is 0.204. The zero-order valence-corrected chi connectivity index (χ0v) is 11.9. The number of carbonyl (C=O) groups excluding carboxylic acids is 1. The van der Waals surface area contributed by atoms with Gasteiger partial charge in [-0.2, -0.15) is 0 Å². The molecule has 0 aromatic heterocycles. The van der Waals surface area contributed by atoms with Crippen molar-refractivity contribution in [1.82, 2.24) is 4.90 Å². The Hall–Kier alpha value is -0.710. The molecule has 1 heterocycles. The summed E-state index contributed by atoms with van der Waals surface area (Å²) in [6, 6.07) is 0.362. The molecule has 0 aliphatic carbocycles. The summed E-state index contributed by atoms with van der Waals surface area (Å²) in [5.74, 6) is 0. The second kappa shape index (κ2) is 6.28. The van der Waals surface area contributed by atoms with Gasteiger partial charge in [0, 0.05) is 13.1 Å². The molecule has 0 N–H and O–H groups in total. The molecule has 0 atom stereocenters. The highest BCUT2D eigenvalue weighted by molar-refractivity contribution is 8.11. The maximum absolute atomic E-state index is 11.8. The van der Waals surface area contributed by atoms with Crippen LogP contribution in [0.4, 0.5) is 4.79 Å². The molecule has 4 nitrogen and oxygen atoms in total. The Balaban J connectivity index is 2.36. The maximum atomic E-state index is 11.8. The van der Waals surface area contributed by atoms with Crippen molar-refractivity contribution in [3.63, 3.8) is 0 Å². The van der Waals surface area contributed by atoms with Crippen molar-refractivity contribution in [2.45, 2.75) is 45.3 Å². The molecular formula is C12H22N2O2S. The van der Waals surface area contributed by atoms with Crippen molar-refractivity contribution in [1.29, 1.82) is 0 Å². The van der Waals surface area contributed by atoms with E-state index in [1.807, 2.05) is 32.6 Å². The molecule has 0 radical (unpaired) electrons. The molecule has 0 saturated carbocycles. The van der Waals surface area contributed by atoms with E-state index < -0.39 is 5.60 Å². The first-order valence-electron chi connectivity index (χ1n) is 5.95. The Morgan fingerprint density at radius 1 is 1.41 bits per heavy atom. The highest BCUT2D eigenvalue weighted by Crippen LogP contribution is 2.17. The number of thioether (sulfide) groups is 1. The lowest BCUT2D eigenvalue weighted by atomic mass is 10.1. The van der Waals surface area contributed by atoms with E-state index in [0.717, 1.165) is 25.9 Å². The predicted octanol–water partition coefficient (Wildman–Crippen LogP) is 2.78. The number of hydrogen-bond acceptors (Lipinski definition) is 4. The van der Waals surface area contributed by atoms with Crippen LogP contribution in [0.1, 0.15) is 33.6 Å².